The predicted octanol–water partition coefficient (Wildman–Crippen LogP) is 0.975. The summed E-state index contributed by atoms with van der Waals surface area (Å²) in [5.41, 5.74) is -0.451. The molecular weight excluding hydrogens is 360 g/mol. The van der Waals surface area contributed by atoms with Crippen LogP contribution in [0.25, 0.3) is 0 Å². The van der Waals surface area contributed by atoms with E-state index in [2.05, 4.69) is 15.5 Å². The minimum Gasteiger partial charge on any atom is -0.395 e. The Kier molecular flexibility index (Phi) is 5.18. The van der Waals surface area contributed by atoms with Crippen LogP contribution in [0, 0.1) is 10.8 Å². The molecule has 8 nitrogen and oxygen atoms in total. The SMILES string of the molecule is CC[C@]1(C(=O)NCc2ccn[nH]2)C[C@H]2CC[C@@H]1N2C(=O)C1(CO)CCOCC1. The Hall–Kier alpha value is -1.93. The normalized spacial score (nSPS) is 31.1. The Balaban J connectivity index is 1.53. The Morgan fingerprint density at radius 2 is 2.18 bits per heavy atom. The lowest BCUT2D eigenvalue weighted by molar-refractivity contribution is -0.154. The number of hydrogen-bond acceptors (Lipinski definition) is 5. The van der Waals surface area contributed by atoms with E-state index in [1.54, 1.807) is 6.20 Å². The Labute approximate surface area is 165 Å². The zero-order chi connectivity index (χ0) is 19.8. The van der Waals surface area contributed by atoms with Gasteiger partial charge in [0.1, 0.15) is 0 Å². The predicted molar refractivity (Wildman–Crippen MR) is 101 cm³/mol. The number of carbonyl (C=O) groups excluding carboxylic acids is 2. The first kappa shape index (κ1) is 19.4. The fourth-order valence-electron chi connectivity index (χ4n) is 5.48. The van der Waals surface area contributed by atoms with Gasteiger partial charge in [0.2, 0.25) is 11.8 Å². The number of fused-ring (bicyclic) bond motifs is 2. The van der Waals surface area contributed by atoms with Crippen molar-refractivity contribution < 1.29 is 19.4 Å². The number of rotatable bonds is 6. The number of H-pyrrole nitrogens is 1. The van der Waals surface area contributed by atoms with Gasteiger partial charge in [0, 0.05) is 31.5 Å². The van der Waals surface area contributed by atoms with E-state index in [0.717, 1.165) is 18.5 Å². The minimum atomic E-state index is -0.755. The fourth-order valence-corrected chi connectivity index (χ4v) is 5.48. The number of aromatic amines is 1. The number of amides is 2. The molecule has 0 radical (unpaired) electrons. The van der Waals surface area contributed by atoms with Crippen LogP contribution in [-0.2, 0) is 20.9 Å². The number of aliphatic hydroxyl groups is 1. The summed E-state index contributed by atoms with van der Waals surface area (Å²) in [4.78, 5) is 28.7. The third-order valence-corrected chi connectivity index (χ3v) is 7.26. The fraction of sp³-hybridized carbons (Fsp3) is 0.750. The van der Waals surface area contributed by atoms with Gasteiger partial charge in [0.05, 0.1) is 29.7 Å². The smallest absolute Gasteiger partial charge is 0.231 e. The number of hydrogen-bond donors (Lipinski definition) is 3. The molecule has 1 aromatic heterocycles. The molecule has 28 heavy (non-hydrogen) atoms. The van der Waals surface area contributed by atoms with Crippen LogP contribution in [-0.4, -0.2) is 63.9 Å². The molecule has 1 aromatic rings. The highest BCUT2D eigenvalue weighted by molar-refractivity contribution is 5.89. The number of aliphatic hydroxyl groups excluding tert-OH is 1. The van der Waals surface area contributed by atoms with E-state index in [1.165, 1.54) is 0 Å². The molecule has 0 unspecified atom stereocenters. The summed E-state index contributed by atoms with van der Waals surface area (Å²) in [5.74, 6) is 0.0297. The van der Waals surface area contributed by atoms with Crippen molar-refractivity contribution in [1.82, 2.24) is 20.4 Å². The summed E-state index contributed by atoms with van der Waals surface area (Å²) >= 11 is 0. The number of ether oxygens (including phenoxy) is 1. The van der Waals surface area contributed by atoms with Crippen molar-refractivity contribution >= 4 is 11.8 Å². The summed E-state index contributed by atoms with van der Waals surface area (Å²) in [6, 6.07) is 1.83. The largest absolute Gasteiger partial charge is 0.395 e. The molecule has 3 N–H and O–H groups in total. The molecule has 4 heterocycles. The highest BCUT2D eigenvalue weighted by atomic mass is 16.5. The van der Waals surface area contributed by atoms with E-state index < -0.39 is 10.8 Å². The lowest BCUT2D eigenvalue weighted by Crippen LogP contribution is -2.54. The minimum absolute atomic E-state index is 0.0135. The molecule has 3 atom stereocenters. The van der Waals surface area contributed by atoms with Gasteiger partial charge in [-0.3, -0.25) is 14.7 Å². The molecular formula is C20H30N4O4. The highest BCUT2D eigenvalue weighted by Gasteiger charge is 2.62. The maximum Gasteiger partial charge on any atom is 0.231 e. The van der Waals surface area contributed by atoms with Gasteiger partial charge in [0.25, 0.3) is 0 Å². The first-order chi connectivity index (χ1) is 13.6. The third-order valence-electron chi connectivity index (χ3n) is 7.26. The highest BCUT2D eigenvalue weighted by Crippen LogP contribution is 2.53. The van der Waals surface area contributed by atoms with Crippen LogP contribution in [0.2, 0.25) is 0 Å². The molecule has 0 aromatic carbocycles. The number of carbonyl (C=O) groups is 2. The molecule has 8 heteroatoms. The Bertz CT molecular complexity index is 716. The maximum atomic E-state index is 13.6. The van der Waals surface area contributed by atoms with E-state index in [9.17, 15) is 14.7 Å². The van der Waals surface area contributed by atoms with Crippen molar-refractivity contribution in [3.8, 4) is 0 Å². The zero-order valence-corrected chi connectivity index (χ0v) is 16.4. The van der Waals surface area contributed by atoms with E-state index in [1.807, 2.05) is 17.9 Å². The molecule has 0 aliphatic carbocycles. The maximum absolute atomic E-state index is 13.6. The zero-order valence-electron chi connectivity index (χ0n) is 16.4. The first-order valence-electron chi connectivity index (χ1n) is 10.3. The molecule has 3 aliphatic rings. The standard InChI is InChI=1S/C20H30N4O4/c1-2-20(17(26)21-12-14-5-8-22-23-14)11-15-3-4-16(20)24(15)18(27)19(13-25)6-9-28-10-7-19/h5,8,15-16,25H,2-4,6-7,9-13H2,1H3,(H,21,26)(H,22,23)/t15-,16+,20+/m1/s1. The van der Waals surface area contributed by atoms with Crippen LogP contribution in [0.3, 0.4) is 0 Å². The van der Waals surface area contributed by atoms with Crippen molar-refractivity contribution in [2.24, 2.45) is 10.8 Å². The second-order valence-electron chi connectivity index (χ2n) is 8.49. The molecule has 2 amide bonds. The topological polar surface area (TPSA) is 108 Å². The van der Waals surface area contributed by atoms with E-state index in [0.29, 0.717) is 45.4 Å². The molecule has 0 saturated carbocycles. The van der Waals surface area contributed by atoms with Crippen LogP contribution in [0.1, 0.15) is 51.1 Å². The van der Waals surface area contributed by atoms with Gasteiger partial charge in [-0.15, -0.1) is 0 Å². The lowest BCUT2D eigenvalue weighted by Gasteiger charge is -2.40. The van der Waals surface area contributed by atoms with Crippen LogP contribution < -0.4 is 5.32 Å². The van der Waals surface area contributed by atoms with Gasteiger partial charge >= 0.3 is 0 Å². The van der Waals surface area contributed by atoms with Gasteiger partial charge in [-0.1, -0.05) is 6.92 Å². The number of nitrogens with zero attached hydrogens (tertiary/aromatic N) is 2. The lowest BCUT2D eigenvalue weighted by atomic mass is 9.71. The second-order valence-corrected chi connectivity index (χ2v) is 8.49. The van der Waals surface area contributed by atoms with Crippen LogP contribution in [0.4, 0.5) is 0 Å². The molecule has 3 aliphatic heterocycles. The van der Waals surface area contributed by atoms with Gasteiger partial charge in [-0.05, 0) is 44.6 Å². The summed E-state index contributed by atoms with van der Waals surface area (Å²) in [6.45, 7) is 3.29. The van der Waals surface area contributed by atoms with Crippen molar-refractivity contribution in [3.05, 3.63) is 18.0 Å². The van der Waals surface area contributed by atoms with Crippen molar-refractivity contribution in [2.45, 2.75) is 64.1 Å². The van der Waals surface area contributed by atoms with Crippen LogP contribution in [0.15, 0.2) is 12.3 Å². The monoisotopic (exact) mass is 390 g/mol. The van der Waals surface area contributed by atoms with E-state index in [-0.39, 0.29) is 30.5 Å². The average molecular weight is 390 g/mol. The average Bonchev–Trinajstić information content (AvgIpc) is 3.47. The summed E-state index contributed by atoms with van der Waals surface area (Å²) in [5, 5.41) is 19.9. The number of nitrogens with one attached hydrogen (secondary N) is 2. The molecule has 3 saturated heterocycles. The van der Waals surface area contributed by atoms with Crippen LogP contribution >= 0.6 is 0 Å². The molecule has 4 rings (SSSR count). The second kappa shape index (κ2) is 7.48. The Morgan fingerprint density at radius 3 is 2.82 bits per heavy atom. The van der Waals surface area contributed by atoms with Crippen molar-refractivity contribution in [1.29, 1.82) is 0 Å². The van der Waals surface area contributed by atoms with Gasteiger partial charge < -0.3 is 20.1 Å². The van der Waals surface area contributed by atoms with Crippen molar-refractivity contribution in [3.63, 3.8) is 0 Å². The molecule has 2 bridgehead atoms. The number of aromatic nitrogens is 2. The van der Waals surface area contributed by atoms with Gasteiger partial charge in [0.15, 0.2) is 0 Å². The van der Waals surface area contributed by atoms with E-state index >= 15 is 0 Å². The molecule has 154 valence electrons. The third kappa shape index (κ3) is 2.93. The summed E-state index contributed by atoms with van der Waals surface area (Å²) in [7, 11) is 0. The van der Waals surface area contributed by atoms with Gasteiger partial charge in [-0.2, -0.15) is 5.10 Å². The quantitative estimate of drug-likeness (QED) is 0.671. The summed E-state index contributed by atoms with van der Waals surface area (Å²) < 4.78 is 5.42. The Morgan fingerprint density at radius 1 is 1.39 bits per heavy atom. The molecule has 3 fully saturated rings. The van der Waals surface area contributed by atoms with E-state index in [4.69, 9.17) is 4.74 Å². The summed E-state index contributed by atoms with van der Waals surface area (Å²) in [6.07, 6.45) is 5.93. The van der Waals surface area contributed by atoms with Crippen LogP contribution in [0.5, 0.6) is 0 Å². The molecule has 0 spiro atoms. The van der Waals surface area contributed by atoms with Gasteiger partial charge in [-0.25, -0.2) is 0 Å². The first-order valence-corrected chi connectivity index (χ1v) is 10.3. The van der Waals surface area contributed by atoms with Crippen molar-refractivity contribution in [2.75, 3.05) is 19.8 Å².